The van der Waals surface area contributed by atoms with Crippen LogP contribution in [0.25, 0.3) is 0 Å². The lowest BCUT2D eigenvalue weighted by Crippen LogP contribution is -2.21. The van der Waals surface area contributed by atoms with Gasteiger partial charge in [-0.15, -0.1) is 0 Å². The molecule has 0 spiro atoms. The lowest BCUT2D eigenvalue weighted by molar-refractivity contribution is -0.452. The van der Waals surface area contributed by atoms with Crippen LogP contribution in [-0.2, 0) is 4.74 Å². The van der Waals surface area contributed by atoms with Gasteiger partial charge in [0.05, 0.1) is 0 Å². The van der Waals surface area contributed by atoms with Gasteiger partial charge in [0.15, 0.2) is 12.6 Å². The third-order valence-electron chi connectivity index (χ3n) is 1.26. The van der Waals surface area contributed by atoms with Crippen LogP contribution < -0.4 is 0 Å². The zero-order chi connectivity index (χ0) is 6.85. The topological polar surface area (TPSA) is 49.5 Å². The second-order valence-electron chi connectivity index (χ2n) is 1.95. The smallest absolute Gasteiger partial charge is 0.465 e. The standard InChI is InChI=1S/C5H7NO3/c1-4-2-9-5(8)6(4)3-7/h3-4H,2H2,1H3/p+1/t4-/m0/s1. The van der Waals surface area contributed by atoms with Crippen molar-refractivity contribution in [2.24, 2.45) is 0 Å². The van der Waals surface area contributed by atoms with E-state index < -0.39 is 6.09 Å². The number of rotatable bonds is 0. The fourth-order valence-electron chi connectivity index (χ4n) is 0.688. The summed E-state index contributed by atoms with van der Waals surface area (Å²) in [7, 11) is 0. The van der Waals surface area contributed by atoms with E-state index >= 15 is 0 Å². The molecule has 0 unspecified atom stereocenters. The van der Waals surface area contributed by atoms with Crippen LogP contribution in [0, 0.1) is 0 Å². The molecular formula is C5H8NO3+. The summed E-state index contributed by atoms with van der Waals surface area (Å²) in [5.41, 5.74) is 0. The van der Waals surface area contributed by atoms with E-state index in [0.717, 1.165) is 11.0 Å². The van der Waals surface area contributed by atoms with Crippen molar-refractivity contribution in [1.82, 2.24) is 0 Å². The lowest BCUT2D eigenvalue weighted by atomic mass is 10.4. The maximum atomic E-state index is 10.5. The van der Waals surface area contributed by atoms with E-state index in [1.165, 1.54) is 0 Å². The Labute approximate surface area is 52.4 Å². The minimum Gasteiger partial charge on any atom is -0.465 e. The monoisotopic (exact) mass is 130 g/mol. The summed E-state index contributed by atoms with van der Waals surface area (Å²) in [6.07, 6.45) is 0.255. The molecule has 0 aliphatic carbocycles. The Hall–Kier alpha value is -1.06. The van der Waals surface area contributed by atoms with Gasteiger partial charge in [-0.25, -0.2) is 0 Å². The third-order valence-corrected chi connectivity index (χ3v) is 1.26. The molecule has 9 heavy (non-hydrogen) atoms. The molecular weight excluding hydrogens is 122 g/mol. The Kier molecular flexibility index (Phi) is 1.38. The van der Waals surface area contributed by atoms with Crippen LogP contribution >= 0.6 is 0 Å². The van der Waals surface area contributed by atoms with Crippen LogP contribution in [-0.4, -0.2) is 34.8 Å². The fourth-order valence-corrected chi connectivity index (χ4v) is 0.688. The number of carbonyl (C=O) groups excluding carboxylic acids is 1. The van der Waals surface area contributed by atoms with Gasteiger partial charge in [-0.2, -0.15) is 4.79 Å². The van der Waals surface area contributed by atoms with Gasteiger partial charge >= 0.3 is 12.5 Å². The number of aliphatic hydroxyl groups is 1. The number of aliphatic hydroxyl groups excluding tert-OH is 1. The van der Waals surface area contributed by atoms with E-state index in [2.05, 4.69) is 4.74 Å². The molecule has 1 aliphatic heterocycles. The van der Waals surface area contributed by atoms with Crippen molar-refractivity contribution in [3.63, 3.8) is 0 Å². The molecule has 0 bridgehead atoms. The van der Waals surface area contributed by atoms with Crippen LogP contribution in [0.5, 0.6) is 0 Å². The first-order valence-electron chi connectivity index (χ1n) is 2.68. The van der Waals surface area contributed by atoms with Crippen molar-refractivity contribution >= 4 is 12.5 Å². The zero-order valence-corrected chi connectivity index (χ0v) is 5.07. The highest BCUT2D eigenvalue weighted by Crippen LogP contribution is 2.02. The highest BCUT2D eigenvalue weighted by atomic mass is 16.6. The van der Waals surface area contributed by atoms with E-state index in [9.17, 15) is 4.79 Å². The van der Waals surface area contributed by atoms with Crippen LogP contribution in [0.3, 0.4) is 0 Å². The SMILES string of the molecule is C[C@H]1COC(=O)[N+]1=CO. The highest BCUT2D eigenvalue weighted by Gasteiger charge is 2.35. The number of nitrogens with zero attached hydrogens (tertiary/aromatic N) is 1. The number of hydrogen-bond donors (Lipinski definition) is 1. The van der Waals surface area contributed by atoms with Crippen LogP contribution in [0.1, 0.15) is 6.92 Å². The fraction of sp³-hybridized carbons (Fsp3) is 0.600. The number of amides is 1. The molecule has 50 valence electrons. The molecule has 4 nitrogen and oxygen atoms in total. The second-order valence-corrected chi connectivity index (χ2v) is 1.95. The van der Waals surface area contributed by atoms with Crippen LogP contribution in [0.2, 0.25) is 0 Å². The number of hydrogen-bond acceptors (Lipinski definition) is 2. The molecule has 1 N–H and O–H groups in total. The van der Waals surface area contributed by atoms with E-state index in [0.29, 0.717) is 6.61 Å². The van der Waals surface area contributed by atoms with E-state index in [-0.39, 0.29) is 6.04 Å². The van der Waals surface area contributed by atoms with Crippen molar-refractivity contribution in [2.75, 3.05) is 6.61 Å². The molecule has 1 rings (SSSR count). The summed E-state index contributed by atoms with van der Waals surface area (Å²) in [5.74, 6) is 0. The van der Waals surface area contributed by atoms with Crippen molar-refractivity contribution in [1.29, 1.82) is 0 Å². The molecule has 1 heterocycles. The molecule has 0 saturated carbocycles. The normalized spacial score (nSPS) is 31.0. The largest absolute Gasteiger partial charge is 0.599 e. The Balaban J connectivity index is 2.78. The zero-order valence-electron chi connectivity index (χ0n) is 5.07. The number of carbonyl (C=O) groups is 1. The molecule has 1 atom stereocenters. The number of ether oxygens (including phenoxy) is 1. The average molecular weight is 130 g/mol. The minimum atomic E-state index is -0.481. The summed E-state index contributed by atoms with van der Waals surface area (Å²) in [6.45, 7) is 2.15. The summed E-state index contributed by atoms with van der Waals surface area (Å²) < 4.78 is 5.70. The first-order valence-corrected chi connectivity index (χ1v) is 2.68. The van der Waals surface area contributed by atoms with Gasteiger partial charge in [-0.1, -0.05) is 4.58 Å². The summed E-state index contributed by atoms with van der Waals surface area (Å²) in [5, 5.41) is 8.41. The van der Waals surface area contributed by atoms with Gasteiger partial charge in [0.2, 0.25) is 0 Å². The predicted molar refractivity (Wildman–Crippen MR) is 29.8 cm³/mol. The first-order chi connectivity index (χ1) is 4.25. The summed E-state index contributed by atoms with van der Waals surface area (Å²) >= 11 is 0. The van der Waals surface area contributed by atoms with E-state index in [1.807, 2.05) is 0 Å². The van der Waals surface area contributed by atoms with Crippen molar-refractivity contribution < 1.29 is 19.2 Å². The lowest BCUT2D eigenvalue weighted by Gasteiger charge is -1.86. The van der Waals surface area contributed by atoms with Crippen molar-refractivity contribution in [3.8, 4) is 0 Å². The Morgan fingerprint density at radius 2 is 2.67 bits per heavy atom. The molecule has 4 heteroatoms. The molecule has 1 amide bonds. The molecule has 1 saturated heterocycles. The predicted octanol–water partition coefficient (Wildman–Crippen LogP) is 0.124. The highest BCUT2D eigenvalue weighted by molar-refractivity contribution is 5.64. The summed E-state index contributed by atoms with van der Waals surface area (Å²) in [6, 6.07) is -0.0394. The van der Waals surface area contributed by atoms with Crippen molar-refractivity contribution in [2.45, 2.75) is 13.0 Å². The molecule has 0 radical (unpaired) electrons. The van der Waals surface area contributed by atoms with Gasteiger partial charge in [-0.05, 0) is 0 Å². The summed E-state index contributed by atoms with van der Waals surface area (Å²) in [4.78, 5) is 10.5. The maximum Gasteiger partial charge on any atom is 0.599 e. The Morgan fingerprint density at radius 1 is 2.00 bits per heavy atom. The van der Waals surface area contributed by atoms with E-state index in [1.54, 1.807) is 6.92 Å². The van der Waals surface area contributed by atoms with E-state index in [4.69, 9.17) is 5.11 Å². The Morgan fingerprint density at radius 3 is 2.89 bits per heavy atom. The second kappa shape index (κ2) is 2.05. The molecule has 0 aromatic heterocycles. The molecule has 1 fully saturated rings. The van der Waals surface area contributed by atoms with Gasteiger partial charge in [-0.3, -0.25) is 0 Å². The quantitative estimate of drug-likeness (QED) is 0.374. The Bertz CT molecular complexity index is 164. The molecule has 0 aromatic rings. The average Bonchev–Trinajstić information content (AvgIpc) is 2.12. The van der Waals surface area contributed by atoms with Gasteiger partial charge < -0.3 is 9.84 Å². The maximum absolute atomic E-state index is 10.5. The van der Waals surface area contributed by atoms with Crippen molar-refractivity contribution in [3.05, 3.63) is 0 Å². The minimum absolute atomic E-state index is 0.0394. The molecule has 1 aliphatic rings. The van der Waals surface area contributed by atoms with Gasteiger partial charge in [0.1, 0.15) is 0 Å². The van der Waals surface area contributed by atoms with Gasteiger partial charge in [0, 0.05) is 6.92 Å². The number of cyclic esters (lactones) is 1. The van der Waals surface area contributed by atoms with Gasteiger partial charge in [0.25, 0.3) is 0 Å². The molecule has 0 aromatic carbocycles. The van der Waals surface area contributed by atoms with Crippen LogP contribution in [0.15, 0.2) is 0 Å². The first kappa shape index (κ1) is 6.07. The van der Waals surface area contributed by atoms with Crippen LogP contribution in [0.4, 0.5) is 4.79 Å². The third kappa shape index (κ3) is 0.872.